The van der Waals surface area contributed by atoms with Crippen LogP contribution in [0.3, 0.4) is 0 Å². The number of sulfonamides is 1. The molecule has 1 aliphatic heterocycles. The lowest BCUT2D eigenvalue weighted by Crippen LogP contribution is -2.62. The predicted molar refractivity (Wildman–Crippen MR) is 103 cm³/mol. The third-order valence-electron chi connectivity index (χ3n) is 6.15. The Morgan fingerprint density at radius 3 is 2.50 bits per heavy atom. The van der Waals surface area contributed by atoms with Crippen molar-refractivity contribution in [2.24, 2.45) is 5.41 Å². The Morgan fingerprint density at radius 2 is 1.85 bits per heavy atom. The molecular weight excluding hydrogens is 348 g/mol. The summed E-state index contributed by atoms with van der Waals surface area (Å²) in [7, 11) is -3.24. The van der Waals surface area contributed by atoms with Crippen molar-refractivity contribution in [2.45, 2.75) is 65.0 Å². The maximum absolute atomic E-state index is 13.2. The average molecular weight is 379 g/mol. The summed E-state index contributed by atoms with van der Waals surface area (Å²) in [4.78, 5) is 13.2. The van der Waals surface area contributed by atoms with E-state index in [1.165, 1.54) is 5.56 Å². The zero-order valence-corrected chi connectivity index (χ0v) is 16.6. The number of fused-ring (bicyclic) bond motifs is 1. The van der Waals surface area contributed by atoms with Gasteiger partial charge in [0.05, 0.1) is 11.2 Å². The van der Waals surface area contributed by atoms with Crippen LogP contribution < -0.4 is 5.32 Å². The van der Waals surface area contributed by atoms with Gasteiger partial charge in [-0.15, -0.1) is 0 Å². The van der Waals surface area contributed by atoms with E-state index in [4.69, 9.17) is 0 Å². The van der Waals surface area contributed by atoms with E-state index < -0.39 is 15.4 Å². The molecule has 0 aromatic heterocycles. The number of carbonyl (C=O) groups excluding carboxylic acids is 1. The normalized spacial score (nSPS) is 28.3. The van der Waals surface area contributed by atoms with Gasteiger partial charge in [0, 0.05) is 19.1 Å². The molecule has 1 heterocycles. The van der Waals surface area contributed by atoms with Crippen LogP contribution in [-0.4, -0.2) is 37.0 Å². The Morgan fingerprint density at radius 1 is 1.15 bits per heavy atom. The summed E-state index contributed by atoms with van der Waals surface area (Å²) in [5.74, 6) is 0.103. The van der Waals surface area contributed by atoms with Crippen molar-refractivity contribution in [1.29, 1.82) is 0 Å². The summed E-state index contributed by atoms with van der Waals surface area (Å²) in [5.41, 5.74) is 1.79. The van der Waals surface area contributed by atoms with Gasteiger partial charge in [-0.2, -0.15) is 4.31 Å². The molecule has 0 spiro atoms. The van der Waals surface area contributed by atoms with Gasteiger partial charge in [0.15, 0.2) is 0 Å². The lowest BCUT2D eigenvalue weighted by atomic mass is 9.67. The Hall–Kier alpha value is -1.40. The van der Waals surface area contributed by atoms with Crippen molar-refractivity contribution in [1.82, 2.24) is 9.62 Å². The monoisotopic (exact) mass is 378 g/mol. The SMILES string of the molecule is CCc1ccc(CNC(=O)[C@@]23CCCC[C@H]2N(CC)S(=O)(=O)CC3)cc1. The Labute approximate surface area is 157 Å². The summed E-state index contributed by atoms with van der Waals surface area (Å²) in [6.07, 6.45) is 4.99. The summed E-state index contributed by atoms with van der Waals surface area (Å²) in [5, 5.41) is 3.11. The summed E-state index contributed by atoms with van der Waals surface area (Å²) in [6, 6.07) is 8.10. The Balaban J connectivity index is 1.76. The van der Waals surface area contributed by atoms with Crippen LogP contribution in [0.4, 0.5) is 0 Å². The first-order chi connectivity index (χ1) is 12.4. The van der Waals surface area contributed by atoms with Crippen molar-refractivity contribution in [3.63, 3.8) is 0 Å². The molecule has 5 nitrogen and oxygen atoms in total. The highest BCUT2D eigenvalue weighted by molar-refractivity contribution is 7.89. The number of hydrogen-bond donors (Lipinski definition) is 1. The number of aryl methyl sites for hydroxylation is 1. The van der Waals surface area contributed by atoms with Gasteiger partial charge in [-0.05, 0) is 36.8 Å². The van der Waals surface area contributed by atoms with E-state index in [1.54, 1.807) is 4.31 Å². The lowest BCUT2D eigenvalue weighted by molar-refractivity contribution is -0.137. The molecule has 2 atom stereocenters. The maximum atomic E-state index is 13.2. The molecule has 2 aliphatic rings. The molecule has 0 radical (unpaired) electrons. The second-order valence-corrected chi connectivity index (χ2v) is 9.58. The molecule has 1 aliphatic carbocycles. The van der Waals surface area contributed by atoms with E-state index in [-0.39, 0.29) is 17.7 Å². The number of amides is 1. The second kappa shape index (κ2) is 7.69. The minimum absolute atomic E-state index is 0.0233. The highest BCUT2D eigenvalue weighted by Crippen LogP contribution is 2.46. The minimum atomic E-state index is -3.24. The number of rotatable bonds is 5. The third-order valence-corrected chi connectivity index (χ3v) is 8.09. The molecule has 1 amide bonds. The van der Waals surface area contributed by atoms with Gasteiger partial charge in [0.25, 0.3) is 0 Å². The number of benzene rings is 1. The van der Waals surface area contributed by atoms with Gasteiger partial charge in [-0.3, -0.25) is 4.79 Å². The highest BCUT2D eigenvalue weighted by Gasteiger charge is 2.54. The molecule has 26 heavy (non-hydrogen) atoms. The molecule has 3 rings (SSSR count). The standard InChI is InChI=1S/C20H30N2O3S/c1-3-16-8-10-17(11-9-16)15-21-19(23)20-12-6-5-7-18(20)22(4-2)26(24,25)14-13-20/h8-11,18H,3-7,12-15H2,1-2H3,(H,21,23)/t18-,20-/m1/s1. The van der Waals surface area contributed by atoms with Crippen LogP contribution in [0, 0.1) is 5.41 Å². The van der Waals surface area contributed by atoms with Crippen LogP contribution in [0.2, 0.25) is 0 Å². The molecule has 144 valence electrons. The molecule has 1 saturated carbocycles. The highest BCUT2D eigenvalue weighted by atomic mass is 32.2. The van der Waals surface area contributed by atoms with Gasteiger partial charge in [0.1, 0.15) is 0 Å². The van der Waals surface area contributed by atoms with Gasteiger partial charge >= 0.3 is 0 Å². The van der Waals surface area contributed by atoms with E-state index >= 15 is 0 Å². The molecule has 1 saturated heterocycles. The van der Waals surface area contributed by atoms with Crippen LogP contribution in [0.15, 0.2) is 24.3 Å². The molecular formula is C20H30N2O3S. The lowest BCUT2D eigenvalue weighted by Gasteiger charge is -2.50. The fourth-order valence-corrected chi connectivity index (χ4v) is 6.55. The van der Waals surface area contributed by atoms with Crippen molar-refractivity contribution < 1.29 is 13.2 Å². The fourth-order valence-electron chi connectivity index (χ4n) is 4.60. The van der Waals surface area contributed by atoms with Gasteiger partial charge in [0.2, 0.25) is 15.9 Å². The van der Waals surface area contributed by atoms with Crippen LogP contribution in [0.25, 0.3) is 0 Å². The van der Waals surface area contributed by atoms with Crippen molar-refractivity contribution >= 4 is 15.9 Å². The topological polar surface area (TPSA) is 66.5 Å². The number of hydrogen-bond acceptors (Lipinski definition) is 3. The van der Waals surface area contributed by atoms with Crippen molar-refractivity contribution in [3.05, 3.63) is 35.4 Å². The van der Waals surface area contributed by atoms with E-state index in [2.05, 4.69) is 36.5 Å². The fraction of sp³-hybridized carbons (Fsp3) is 0.650. The summed E-state index contributed by atoms with van der Waals surface area (Å²) < 4.78 is 26.5. The zero-order chi connectivity index (χ0) is 18.8. The first-order valence-electron chi connectivity index (χ1n) is 9.78. The Kier molecular flexibility index (Phi) is 5.72. The van der Waals surface area contributed by atoms with E-state index in [1.807, 2.05) is 6.92 Å². The van der Waals surface area contributed by atoms with E-state index in [0.29, 0.717) is 19.5 Å². The van der Waals surface area contributed by atoms with Crippen LogP contribution >= 0.6 is 0 Å². The van der Waals surface area contributed by atoms with Gasteiger partial charge in [-0.1, -0.05) is 51.0 Å². The molecule has 6 heteroatoms. The van der Waals surface area contributed by atoms with Crippen LogP contribution in [0.1, 0.15) is 57.1 Å². The van der Waals surface area contributed by atoms with Gasteiger partial charge < -0.3 is 5.32 Å². The molecule has 0 unspecified atom stereocenters. The van der Waals surface area contributed by atoms with Gasteiger partial charge in [-0.25, -0.2) is 8.42 Å². The average Bonchev–Trinajstić information content (AvgIpc) is 2.66. The largest absolute Gasteiger partial charge is 0.351 e. The quantitative estimate of drug-likeness (QED) is 0.857. The van der Waals surface area contributed by atoms with E-state index in [0.717, 1.165) is 37.7 Å². The smallest absolute Gasteiger partial charge is 0.228 e. The molecule has 1 aromatic carbocycles. The summed E-state index contributed by atoms with van der Waals surface area (Å²) in [6.45, 7) is 4.93. The number of carbonyl (C=O) groups is 1. The Bertz CT molecular complexity index is 745. The molecule has 2 fully saturated rings. The zero-order valence-electron chi connectivity index (χ0n) is 15.8. The first kappa shape index (κ1) is 19.4. The van der Waals surface area contributed by atoms with Crippen molar-refractivity contribution in [2.75, 3.05) is 12.3 Å². The molecule has 0 bridgehead atoms. The van der Waals surface area contributed by atoms with Crippen molar-refractivity contribution in [3.8, 4) is 0 Å². The molecule has 1 N–H and O–H groups in total. The molecule has 1 aromatic rings. The van der Waals surface area contributed by atoms with Crippen LogP contribution in [0.5, 0.6) is 0 Å². The first-order valence-corrected chi connectivity index (χ1v) is 11.4. The van der Waals surface area contributed by atoms with Crippen LogP contribution in [-0.2, 0) is 27.8 Å². The third kappa shape index (κ3) is 3.54. The van der Waals surface area contributed by atoms with E-state index in [9.17, 15) is 13.2 Å². The maximum Gasteiger partial charge on any atom is 0.228 e. The predicted octanol–water partition coefficient (Wildman–Crippen LogP) is 2.85. The number of nitrogens with zero attached hydrogens (tertiary/aromatic N) is 1. The summed E-state index contributed by atoms with van der Waals surface area (Å²) >= 11 is 0. The number of nitrogens with one attached hydrogen (secondary N) is 1. The minimum Gasteiger partial charge on any atom is -0.351 e. The second-order valence-electron chi connectivity index (χ2n) is 7.54.